The SMILES string of the molecule is COc1ccc(-c2nc3c(C(=O)N4CCN([C@@H](CO)c5cccc(OC)c5)C[C@H]4C)cnn3c(C(F)(F)F)c2C)cc1. The standard InChI is InChI=1S/C30H32F3N5O4/c1-18-16-36(25(17-39)21-6-5-7-23(14-21)42-4)12-13-37(18)29(40)24-15-34-38-27(30(31,32)33)19(2)26(35-28(24)38)20-8-10-22(41-3)11-9-20/h5-11,14-15,18,25,39H,12-13,16-17H2,1-4H3/t18-,25+/m1/s1. The minimum Gasteiger partial charge on any atom is -0.497 e. The third-order valence-corrected chi connectivity index (χ3v) is 7.76. The van der Waals surface area contributed by atoms with Gasteiger partial charge in [0.2, 0.25) is 0 Å². The lowest BCUT2D eigenvalue weighted by Gasteiger charge is -2.43. The first-order valence-electron chi connectivity index (χ1n) is 13.5. The van der Waals surface area contributed by atoms with Crippen molar-refractivity contribution in [1.82, 2.24) is 24.4 Å². The van der Waals surface area contributed by atoms with E-state index in [1.807, 2.05) is 31.2 Å². The Morgan fingerprint density at radius 2 is 1.81 bits per heavy atom. The van der Waals surface area contributed by atoms with Gasteiger partial charge in [0.25, 0.3) is 5.91 Å². The highest BCUT2D eigenvalue weighted by atomic mass is 19.4. The van der Waals surface area contributed by atoms with Crippen LogP contribution in [-0.2, 0) is 6.18 Å². The molecule has 2 atom stereocenters. The number of benzene rings is 2. The number of carbonyl (C=O) groups excluding carboxylic acids is 1. The number of hydrogen-bond donors (Lipinski definition) is 1. The smallest absolute Gasteiger partial charge is 0.433 e. The van der Waals surface area contributed by atoms with Crippen LogP contribution in [0.2, 0.25) is 0 Å². The van der Waals surface area contributed by atoms with E-state index in [9.17, 15) is 23.1 Å². The van der Waals surface area contributed by atoms with E-state index in [-0.39, 0.29) is 41.2 Å². The van der Waals surface area contributed by atoms with Gasteiger partial charge in [-0.25, -0.2) is 9.50 Å². The van der Waals surface area contributed by atoms with Crippen molar-refractivity contribution >= 4 is 11.6 Å². The summed E-state index contributed by atoms with van der Waals surface area (Å²) in [5.41, 5.74) is 0.183. The highest BCUT2D eigenvalue weighted by molar-refractivity contribution is 6.00. The summed E-state index contributed by atoms with van der Waals surface area (Å²) in [4.78, 5) is 22.1. The fourth-order valence-electron chi connectivity index (χ4n) is 5.59. The Labute approximate surface area is 241 Å². The number of fused-ring (bicyclic) bond motifs is 1. The molecule has 2 aromatic carbocycles. The molecule has 4 aromatic rings. The van der Waals surface area contributed by atoms with Gasteiger partial charge in [-0.2, -0.15) is 18.3 Å². The van der Waals surface area contributed by atoms with Crippen molar-refractivity contribution in [2.24, 2.45) is 0 Å². The molecule has 1 aliphatic heterocycles. The van der Waals surface area contributed by atoms with E-state index < -0.39 is 17.8 Å². The van der Waals surface area contributed by atoms with Crippen molar-refractivity contribution in [3.05, 3.63) is 77.1 Å². The summed E-state index contributed by atoms with van der Waals surface area (Å²) in [6.07, 6.45) is -3.58. The molecular formula is C30H32F3N5O4. The average Bonchev–Trinajstić information content (AvgIpc) is 3.39. The van der Waals surface area contributed by atoms with Crippen LogP contribution in [0.3, 0.4) is 0 Å². The molecule has 0 saturated carbocycles. The molecule has 0 unspecified atom stereocenters. The molecule has 42 heavy (non-hydrogen) atoms. The number of ether oxygens (including phenoxy) is 2. The number of hydrogen-bond acceptors (Lipinski definition) is 7. The monoisotopic (exact) mass is 583 g/mol. The van der Waals surface area contributed by atoms with Crippen LogP contribution in [-0.4, -0.2) is 81.9 Å². The maximum absolute atomic E-state index is 14.3. The summed E-state index contributed by atoms with van der Waals surface area (Å²) in [5, 5.41) is 14.2. The molecule has 1 aliphatic rings. The molecule has 5 rings (SSSR count). The van der Waals surface area contributed by atoms with Gasteiger partial charge in [0.1, 0.15) is 17.1 Å². The summed E-state index contributed by atoms with van der Waals surface area (Å²) in [6, 6.07) is 13.4. The number of aliphatic hydroxyl groups excluding tert-OH is 1. The Morgan fingerprint density at radius 3 is 2.43 bits per heavy atom. The number of methoxy groups -OCH3 is 2. The number of alkyl halides is 3. The first kappa shape index (κ1) is 29.3. The molecular weight excluding hydrogens is 551 g/mol. The lowest BCUT2D eigenvalue weighted by molar-refractivity contribution is -0.143. The second kappa shape index (κ2) is 11.6. The first-order chi connectivity index (χ1) is 20.1. The number of aliphatic hydroxyl groups is 1. The Bertz CT molecular complexity index is 1590. The molecule has 1 saturated heterocycles. The lowest BCUT2D eigenvalue weighted by atomic mass is 10.0. The number of amides is 1. The Hall–Kier alpha value is -4.16. The van der Waals surface area contributed by atoms with Gasteiger partial charge in [-0.3, -0.25) is 9.69 Å². The van der Waals surface area contributed by atoms with Crippen molar-refractivity contribution < 1.29 is 32.5 Å². The predicted octanol–water partition coefficient (Wildman–Crippen LogP) is 4.62. The third kappa shape index (κ3) is 5.39. The minimum absolute atomic E-state index is 0.0120. The average molecular weight is 584 g/mol. The van der Waals surface area contributed by atoms with Crippen molar-refractivity contribution in [3.8, 4) is 22.8 Å². The van der Waals surface area contributed by atoms with Gasteiger partial charge in [-0.05, 0) is 55.8 Å². The van der Waals surface area contributed by atoms with Crippen LogP contribution in [0.1, 0.15) is 40.1 Å². The lowest BCUT2D eigenvalue weighted by Crippen LogP contribution is -2.55. The number of rotatable bonds is 7. The summed E-state index contributed by atoms with van der Waals surface area (Å²) >= 11 is 0. The Balaban J connectivity index is 1.47. The van der Waals surface area contributed by atoms with Crippen LogP contribution >= 0.6 is 0 Å². The van der Waals surface area contributed by atoms with Crippen LogP contribution < -0.4 is 9.47 Å². The van der Waals surface area contributed by atoms with Gasteiger partial charge in [0, 0.05) is 36.8 Å². The van der Waals surface area contributed by atoms with Crippen molar-refractivity contribution in [1.29, 1.82) is 0 Å². The Kier molecular flexibility index (Phi) is 8.11. The van der Waals surface area contributed by atoms with Gasteiger partial charge >= 0.3 is 6.18 Å². The normalized spacial score (nSPS) is 17.0. The molecule has 1 N–H and O–H groups in total. The van der Waals surface area contributed by atoms with E-state index in [2.05, 4.69) is 15.0 Å². The predicted molar refractivity (Wildman–Crippen MR) is 150 cm³/mol. The largest absolute Gasteiger partial charge is 0.497 e. The van der Waals surface area contributed by atoms with Gasteiger partial charge in [-0.15, -0.1) is 0 Å². The van der Waals surface area contributed by atoms with Crippen molar-refractivity contribution in [2.45, 2.75) is 32.1 Å². The molecule has 0 radical (unpaired) electrons. The van der Waals surface area contributed by atoms with Crippen molar-refractivity contribution in [3.63, 3.8) is 0 Å². The summed E-state index contributed by atoms with van der Waals surface area (Å²) in [7, 11) is 3.08. The van der Waals surface area contributed by atoms with E-state index in [1.165, 1.54) is 14.0 Å². The number of aromatic nitrogens is 3. The number of carbonyl (C=O) groups is 1. The van der Waals surface area contributed by atoms with Crippen molar-refractivity contribution in [2.75, 3.05) is 40.5 Å². The molecule has 3 heterocycles. The van der Waals surface area contributed by atoms with E-state index in [0.29, 0.717) is 41.2 Å². The highest BCUT2D eigenvalue weighted by Crippen LogP contribution is 2.37. The summed E-state index contributed by atoms with van der Waals surface area (Å²) < 4.78 is 54.2. The first-order valence-corrected chi connectivity index (χ1v) is 13.5. The van der Waals surface area contributed by atoms with Crippen LogP contribution in [0.25, 0.3) is 16.9 Å². The molecule has 12 heteroatoms. The van der Waals surface area contributed by atoms with Crippen LogP contribution in [0.15, 0.2) is 54.7 Å². The molecule has 1 amide bonds. The number of nitrogens with zero attached hydrogens (tertiary/aromatic N) is 5. The minimum atomic E-state index is -4.74. The van der Waals surface area contributed by atoms with E-state index in [1.54, 1.807) is 36.3 Å². The van der Waals surface area contributed by atoms with Crippen LogP contribution in [0, 0.1) is 6.92 Å². The zero-order valence-corrected chi connectivity index (χ0v) is 23.7. The molecule has 0 bridgehead atoms. The van der Waals surface area contributed by atoms with E-state index in [4.69, 9.17) is 9.47 Å². The topological polar surface area (TPSA) is 92.4 Å². The zero-order chi connectivity index (χ0) is 30.2. The van der Waals surface area contributed by atoms with E-state index >= 15 is 0 Å². The number of piperazine rings is 1. The maximum Gasteiger partial charge on any atom is 0.433 e. The van der Waals surface area contributed by atoms with E-state index in [0.717, 1.165) is 11.8 Å². The maximum atomic E-state index is 14.3. The quantitative estimate of drug-likeness (QED) is 0.340. The molecule has 9 nitrogen and oxygen atoms in total. The van der Waals surface area contributed by atoms with Crippen LogP contribution in [0.4, 0.5) is 13.2 Å². The van der Waals surface area contributed by atoms with Gasteiger partial charge in [0.05, 0.1) is 38.8 Å². The Morgan fingerprint density at radius 1 is 1.10 bits per heavy atom. The molecule has 1 fully saturated rings. The molecule has 2 aromatic heterocycles. The second-order valence-corrected chi connectivity index (χ2v) is 10.3. The summed E-state index contributed by atoms with van der Waals surface area (Å²) in [6.45, 7) is 4.30. The van der Waals surface area contributed by atoms with Crippen LogP contribution in [0.5, 0.6) is 11.5 Å². The molecule has 0 aliphatic carbocycles. The highest BCUT2D eigenvalue weighted by Gasteiger charge is 2.39. The van der Waals surface area contributed by atoms with Gasteiger partial charge in [-0.1, -0.05) is 12.1 Å². The number of halogens is 3. The zero-order valence-electron chi connectivity index (χ0n) is 23.7. The third-order valence-electron chi connectivity index (χ3n) is 7.76. The van der Waals surface area contributed by atoms with Gasteiger partial charge < -0.3 is 19.5 Å². The molecule has 0 spiro atoms. The fourth-order valence-corrected chi connectivity index (χ4v) is 5.59. The summed E-state index contributed by atoms with van der Waals surface area (Å²) in [5.74, 6) is 0.775. The molecule has 222 valence electrons. The fraction of sp³-hybridized carbons (Fsp3) is 0.367. The second-order valence-electron chi connectivity index (χ2n) is 10.3. The van der Waals surface area contributed by atoms with Gasteiger partial charge in [0.15, 0.2) is 11.3 Å².